The Balaban J connectivity index is 0.000000220. The highest BCUT2D eigenvalue weighted by atomic mass is 19.1. The van der Waals surface area contributed by atoms with Gasteiger partial charge in [0.2, 0.25) is 5.91 Å². The minimum atomic E-state index is -0.386. The highest BCUT2D eigenvalue weighted by molar-refractivity contribution is 5.82. The number of aldehydes is 1. The van der Waals surface area contributed by atoms with E-state index in [9.17, 15) is 14.0 Å². The molecular formula is C24H34FN3O3. The monoisotopic (exact) mass is 431 g/mol. The molecule has 3 rings (SSSR count). The molecule has 31 heavy (non-hydrogen) atoms. The topological polar surface area (TPSA) is 75.4 Å². The van der Waals surface area contributed by atoms with Crippen molar-refractivity contribution in [1.82, 2.24) is 15.4 Å². The third-order valence-electron chi connectivity index (χ3n) is 5.18. The van der Waals surface area contributed by atoms with Gasteiger partial charge in [0.15, 0.2) is 12.0 Å². The van der Waals surface area contributed by atoms with E-state index >= 15 is 0 Å². The van der Waals surface area contributed by atoms with Gasteiger partial charge in [-0.2, -0.15) is 0 Å². The molecule has 0 radical (unpaired) electrons. The molecule has 2 unspecified atom stereocenters. The second kappa shape index (κ2) is 11.2. The molecule has 0 saturated carbocycles. The SMILES string of the molecule is CC(C)CC1CN(C)C(CC(C)C)C(=O)N1.Cc1ccc(-c2cc(C=O)no2)c(F)c1. The van der Waals surface area contributed by atoms with Crippen LogP contribution in [-0.2, 0) is 4.79 Å². The summed E-state index contributed by atoms with van der Waals surface area (Å²) in [7, 11) is 2.07. The van der Waals surface area contributed by atoms with Crippen LogP contribution in [0.2, 0.25) is 0 Å². The van der Waals surface area contributed by atoms with Crippen LogP contribution in [0.3, 0.4) is 0 Å². The molecule has 0 spiro atoms. The smallest absolute Gasteiger partial charge is 0.237 e. The largest absolute Gasteiger partial charge is 0.355 e. The van der Waals surface area contributed by atoms with Crippen LogP contribution in [0.1, 0.15) is 56.6 Å². The number of carbonyl (C=O) groups excluding carboxylic acids is 2. The highest BCUT2D eigenvalue weighted by Gasteiger charge is 2.32. The molecule has 1 N–H and O–H groups in total. The van der Waals surface area contributed by atoms with Crippen molar-refractivity contribution in [2.75, 3.05) is 13.6 Å². The molecule has 1 aliphatic rings. The van der Waals surface area contributed by atoms with Gasteiger partial charge in [0.1, 0.15) is 11.5 Å². The van der Waals surface area contributed by atoms with Crippen molar-refractivity contribution in [3.05, 3.63) is 41.3 Å². The number of aryl methyl sites for hydroxylation is 1. The number of amides is 1. The van der Waals surface area contributed by atoms with E-state index in [1.54, 1.807) is 19.1 Å². The summed E-state index contributed by atoms with van der Waals surface area (Å²) >= 11 is 0. The number of benzene rings is 1. The summed E-state index contributed by atoms with van der Waals surface area (Å²) in [4.78, 5) is 24.6. The number of halogens is 1. The van der Waals surface area contributed by atoms with Crippen molar-refractivity contribution in [3.63, 3.8) is 0 Å². The van der Waals surface area contributed by atoms with Crippen LogP contribution in [0.15, 0.2) is 28.8 Å². The summed E-state index contributed by atoms with van der Waals surface area (Å²) in [5, 5.41) is 6.62. The van der Waals surface area contributed by atoms with Crippen LogP contribution in [0.4, 0.5) is 4.39 Å². The zero-order chi connectivity index (χ0) is 23.1. The van der Waals surface area contributed by atoms with Crippen LogP contribution in [0.25, 0.3) is 11.3 Å². The molecule has 1 aromatic carbocycles. The molecule has 0 bridgehead atoms. The van der Waals surface area contributed by atoms with Gasteiger partial charge in [0.25, 0.3) is 0 Å². The van der Waals surface area contributed by atoms with Crippen LogP contribution in [0.5, 0.6) is 0 Å². The summed E-state index contributed by atoms with van der Waals surface area (Å²) in [6.45, 7) is 11.5. The van der Waals surface area contributed by atoms with Gasteiger partial charge in [0, 0.05) is 18.7 Å². The van der Waals surface area contributed by atoms with E-state index in [1.807, 2.05) is 0 Å². The highest BCUT2D eigenvalue weighted by Crippen LogP contribution is 2.24. The van der Waals surface area contributed by atoms with E-state index in [0.717, 1.165) is 24.9 Å². The number of aromatic nitrogens is 1. The van der Waals surface area contributed by atoms with Gasteiger partial charge in [-0.3, -0.25) is 14.5 Å². The fraction of sp³-hybridized carbons (Fsp3) is 0.542. The Morgan fingerprint density at radius 2 is 1.90 bits per heavy atom. The zero-order valence-electron chi connectivity index (χ0n) is 19.3. The molecule has 1 amide bonds. The first-order chi connectivity index (χ1) is 14.6. The lowest BCUT2D eigenvalue weighted by Gasteiger charge is -2.38. The minimum Gasteiger partial charge on any atom is -0.355 e. The lowest BCUT2D eigenvalue weighted by Crippen LogP contribution is -2.59. The molecule has 1 aromatic heterocycles. The first-order valence-electron chi connectivity index (χ1n) is 10.8. The molecule has 170 valence electrons. The number of hydrogen-bond donors (Lipinski definition) is 1. The summed E-state index contributed by atoms with van der Waals surface area (Å²) in [5.41, 5.74) is 1.29. The van der Waals surface area contributed by atoms with Gasteiger partial charge in [-0.25, -0.2) is 4.39 Å². The average Bonchev–Trinajstić information content (AvgIpc) is 3.13. The molecule has 1 aliphatic heterocycles. The molecule has 6 nitrogen and oxygen atoms in total. The summed E-state index contributed by atoms with van der Waals surface area (Å²) in [6, 6.07) is 6.57. The lowest BCUT2D eigenvalue weighted by molar-refractivity contribution is -0.130. The van der Waals surface area contributed by atoms with Crippen molar-refractivity contribution in [3.8, 4) is 11.3 Å². The first-order valence-corrected chi connectivity index (χ1v) is 10.8. The lowest BCUT2D eigenvalue weighted by atomic mass is 9.96. The number of likely N-dealkylation sites (N-methyl/N-ethyl adjacent to an activating group) is 1. The second-order valence-electron chi connectivity index (χ2n) is 9.14. The predicted octanol–water partition coefficient (Wildman–Crippen LogP) is 4.48. The zero-order valence-corrected chi connectivity index (χ0v) is 19.3. The van der Waals surface area contributed by atoms with Crippen molar-refractivity contribution < 1.29 is 18.5 Å². The molecule has 7 heteroatoms. The van der Waals surface area contributed by atoms with Gasteiger partial charge in [-0.15, -0.1) is 0 Å². The fourth-order valence-electron chi connectivity index (χ4n) is 3.75. The van der Waals surface area contributed by atoms with E-state index in [4.69, 9.17) is 4.52 Å². The number of nitrogens with one attached hydrogen (secondary N) is 1. The normalized spacial score (nSPS) is 19.2. The third-order valence-corrected chi connectivity index (χ3v) is 5.18. The van der Waals surface area contributed by atoms with Gasteiger partial charge >= 0.3 is 0 Å². The van der Waals surface area contributed by atoms with Gasteiger partial charge in [-0.1, -0.05) is 38.9 Å². The Morgan fingerprint density at radius 1 is 1.23 bits per heavy atom. The molecule has 2 heterocycles. The van der Waals surface area contributed by atoms with Crippen LogP contribution < -0.4 is 5.32 Å². The van der Waals surface area contributed by atoms with Gasteiger partial charge in [0.05, 0.1) is 11.6 Å². The number of carbonyl (C=O) groups is 2. The number of nitrogens with zero attached hydrogens (tertiary/aromatic N) is 2. The van der Waals surface area contributed by atoms with Crippen molar-refractivity contribution >= 4 is 12.2 Å². The Morgan fingerprint density at radius 3 is 2.42 bits per heavy atom. The van der Waals surface area contributed by atoms with Crippen LogP contribution in [-0.4, -0.2) is 47.9 Å². The summed E-state index contributed by atoms with van der Waals surface area (Å²) in [6.07, 6.45) is 2.58. The van der Waals surface area contributed by atoms with Crippen molar-refractivity contribution in [2.24, 2.45) is 11.8 Å². The molecule has 2 aromatic rings. The fourth-order valence-corrected chi connectivity index (χ4v) is 3.75. The van der Waals surface area contributed by atoms with Crippen LogP contribution >= 0.6 is 0 Å². The van der Waals surface area contributed by atoms with Crippen molar-refractivity contribution in [2.45, 2.75) is 59.5 Å². The number of rotatable bonds is 6. The minimum absolute atomic E-state index is 0.0726. The van der Waals surface area contributed by atoms with E-state index < -0.39 is 0 Å². The Labute approximate surface area is 184 Å². The number of hydrogen-bond acceptors (Lipinski definition) is 5. The molecule has 1 saturated heterocycles. The molecule has 2 atom stereocenters. The van der Waals surface area contributed by atoms with Crippen molar-refractivity contribution in [1.29, 1.82) is 0 Å². The quantitative estimate of drug-likeness (QED) is 0.683. The van der Waals surface area contributed by atoms with Gasteiger partial charge < -0.3 is 9.84 Å². The summed E-state index contributed by atoms with van der Waals surface area (Å²) < 4.78 is 18.3. The standard InChI is InChI=1S/C13H26N2O.C11H8FNO2/c1-9(2)6-11-8-15(5)12(7-10(3)4)13(16)14-11;1-7-2-3-9(10(12)4-7)11-5-8(6-14)13-15-11/h9-12H,6-8H2,1-5H3,(H,14,16);2-6H,1H3. The van der Waals surface area contributed by atoms with E-state index in [1.165, 1.54) is 12.1 Å². The van der Waals surface area contributed by atoms with E-state index in [-0.39, 0.29) is 29.2 Å². The summed E-state index contributed by atoms with van der Waals surface area (Å²) in [5.74, 6) is 1.30. The molecule has 0 aliphatic carbocycles. The average molecular weight is 432 g/mol. The van der Waals surface area contributed by atoms with Gasteiger partial charge in [-0.05, 0) is 56.3 Å². The predicted molar refractivity (Wildman–Crippen MR) is 119 cm³/mol. The Bertz CT molecular complexity index is 879. The molecular weight excluding hydrogens is 397 g/mol. The number of piperazine rings is 1. The maximum absolute atomic E-state index is 13.5. The molecule has 1 fully saturated rings. The van der Waals surface area contributed by atoms with Crippen LogP contribution in [0, 0.1) is 24.6 Å². The van der Waals surface area contributed by atoms with E-state index in [2.05, 4.69) is 50.1 Å². The first kappa shape index (κ1) is 24.7. The van der Waals surface area contributed by atoms with E-state index in [0.29, 0.717) is 29.7 Å². The second-order valence-corrected chi connectivity index (χ2v) is 9.14. The maximum Gasteiger partial charge on any atom is 0.237 e. The Hall–Kier alpha value is -2.54. The third kappa shape index (κ3) is 7.28. The Kier molecular flexibility index (Phi) is 8.92. The maximum atomic E-state index is 13.5.